The number of carbonyl (C=O) groups excluding carboxylic acids is 1. The van der Waals surface area contributed by atoms with Crippen molar-refractivity contribution in [3.8, 4) is 29.1 Å². The first-order valence-corrected chi connectivity index (χ1v) is 10.6. The average molecular weight is 445 g/mol. The Morgan fingerprint density at radius 2 is 1.88 bits per heavy atom. The fourth-order valence-corrected chi connectivity index (χ4v) is 3.86. The molecule has 2 aliphatic heterocycles. The number of rotatable bonds is 2. The Bertz CT molecular complexity index is 1260. The van der Waals surface area contributed by atoms with E-state index in [0.29, 0.717) is 48.7 Å². The number of benzene rings is 2. The molecule has 0 saturated carbocycles. The van der Waals surface area contributed by atoms with E-state index >= 15 is 0 Å². The van der Waals surface area contributed by atoms with Crippen LogP contribution in [0.3, 0.4) is 0 Å². The second-order valence-electron chi connectivity index (χ2n) is 7.82. The molecule has 33 heavy (non-hydrogen) atoms. The van der Waals surface area contributed by atoms with Crippen molar-refractivity contribution in [2.24, 2.45) is 0 Å². The van der Waals surface area contributed by atoms with Gasteiger partial charge in [-0.05, 0) is 48.4 Å². The molecule has 0 amide bonds. The molecule has 0 bridgehead atoms. The predicted molar refractivity (Wildman–Crippen MR) is 118 cm³/mol. The fourth-order valence-electron chi connectivity index (χ4n) is 3.86. The van der Waals surface area contributed by atoms with Crippen LogP contribution in [0.2, 0.25) is 0 Å². The van der Waals surface area contributed by atoms with Crippen LogP contribution in [-0.2, 0) is 4.79 Å². The molecule has 2 aliphatic rings. The van der Waals surface area contributed by atoms with Crippen LogP contribution in [0.5, 0.6) is 17.2 Å². The topological polar surface area (TPSA) is 73.8 Å². The first kappa shape index (κ1) is 20.8. The maximum absolute atomic E-state index is 14.0. The molecule has 1 spiro atoms. The standard InChI is InChI=1S/C25H20FN3O4/c1-17(30)31-20-5-2-4-18(16-20)8-9-19-10-11-23(28-27-19)29-14-12-25(13-15-29)32-22-7-3-6-21(26)24(22)33-25/h2-7,10-11,16H,12-15H2,1H3. The third kappa shape index (κ3) is 4.44. The van der Waals surface area contributed by atoms with Gasteiger partial charge in [0.2, 0.25) is 5.75 Å². The molecule has 1 fully saturated rings. The molecule has 166 valence electrons. The van der Waals surface area contributed by atoms with Gasteiger partial charge in [-0.25, -0.2) is 4.39 Å². The maximum atomic E-state index is 14.0. The molecule has 7 nitrogen and oxygen atoms in total. The van der Waals surface area contributed by atoms with Gasteiger partial charge in [0, 0.05) is 38.4 Å². The first-order valence-electron chi connectivity index (χ1n) is 10.6. The third-order valence-corrected chi connectivity index (χ3v) is 5.45. The van der Waals surface area contributed by atoms with E-state index in [0.717, 1.165) is 5.82 Å². The summed E-state index contributed by atoms with van der Waals surface area (Å²) in [5, 5.41) is 8.51. The van der Waals surface area contributed by atoms with Crippen molar-refractivity contribution in [3.63, 3.8) is 0 Å². The van der Waals surface area contributed by atoms with Gasteiger partial charge < -0.3 is 19.1 Å². The van der Waals surface area contributed by atoms with E-state index in [1.165, 1.54) is 13.0 Å². The minimum Gasteiger partial charge on any atom is -0.448 e. The van der Waals surface area contributed by atoms with Crippen LogP contribution in [0.4, 0.5) is 10.2 Å². The van der Waals surface area contributed by atoms with Crippen LogP contribution in [-0.4, -0.2) is 35.0 Å². The summed E-state index contributed by atoms with van der Waals surface area (Å²) in [6, 6.07) is 15.4. The van der Waals surface area contributed by atoms with Crippen molar-refractivity contribution in [1.29, 1.82) is 0 Å². The third-order valence-electron chi connectivity index (χ3n) is 5.45. The lowest BCUT2D eigenvalue weighted by Crippen LogP contribution is -2.50. The minimum absolute atomic E-state index is 0.187. The van der Waals surface area contributed by atoms with Crippen molar-refractivity contribution in [1.82, 2.24) is 10.2 Å². The molecule has 3 heterocycles. The van der Waals surface area contributed by atoms with Gasteiger partial charge in [0.25, 0.3) is 5.79 Å². The molecule has 8 heteroatoms. The summed E-state index contributed by atoms with van der Waals surface area (Å²) in [5.74, 6) is 6.15. The quantitative estimate of drug-likeness (QED) is 0.338. The summed E-state index contributed by atoms with van der Waals surface area (Å²) >= 11 is 0. The molecule has 0 radical (unpaired) electrons. The molecule has 0 N–H and O–H groups in total. The maximum Gasteiger partial charge on any atom is 0.308 e. The van der Waals surface area contributed by atoms with E-state index in [1.54, 1.807) is 30.3 Å². The van der Waals surface area contributed by atoms with E-state index in [-0.39, 0.29) is 11.7 Å². The lowest BCUT2D eigenvalue weighted by atomic mass is 10.0. The van der Waals surface area contributed by atoms with Crippen LogP contribution < -0.4 is 19.1 Å². The van der Waals surface area contributed by atoms with Crippen molar-refractivity contribution in [2.75, 3.05) is 18.0 Å². The van der Waals surface area contributed by atoms with Crippen LogP contribution in [0, 0.1) is 17.7 Å². The highest BCUT2D eigenvalue weighted by molar-refractivity contribution is 5.69. The van der Waals surface area contributed by atoms with Gasteiger partial charge in [0.1, 0.15) is 11.4 Å². The summed E-state index contributed by atoms with van der Waals surface area (Å²) in [7, 11) is 0. The van der Waals surface area contributed by atoms with Crippen LogP contribution in [0.25, 0.3) is 0 Å². The number of hydrogen-bond donors (Lipinski definition) is 0. The van der Waals surface area contributed by atoms with E-state index in [4.69, 9.17) is 14.2 Å². The number of halogens is 1. The zero-order chi connectivity index (χ0) is 22.8. The molecule has 0 atom stereocenters. The number of hydrogen-bond acceptors (Lipinski definition) is 7. The Kier molecular flexibility index (Phi) is 5.31. The Morgan fingerprint density at radius 3 is 2.61 bits per heavy atom. The highest BCUT2D eigenvalue weighted by atomic mass is 19.1. The van der Waals surface area contributed by atoms with Crippen molar-refractivity contribution in [3.05, 3.63) is 71.7 Å². The van der Waals surface area contributed by atoms with Crippen LogP contribution in [0.1, 0.15) is 31.0 Å². The fraction of sp³-hybridized carbons (Fsp3) is 0.240. The largest absolute Gasteiger partial charge is 0.448 e. The monoisotopic (exact) mass is 445 g/mol. The second kappa shape index (κ2) is 8.43. The average Bonchev–Trinajstić information content (AvgIpc) is 3.18. The molecule has 3 aromatic rings. The molecule has 1 aromatic heterocycles. The molecule has 0 aliphatic carbocycles. The number of anilines is 1. The summed E-state index contributed by atoms with van der Waals surface area (Å²) < 4.78 is 30.9. The van der Waals surface area contributed by atoms with E-state index in [2.05, 4.69) is 26.9 Å². The summed E-state index contributed by atoms with van der Waals surface area (Å²) in [6.45, 7) is 2.63. The highest BCUT2D eigenvalue weighted by Gasteiger charge is 2.45. The zero-order valence-electron chi connectivity index (χ0n) is 17.9. The lowest BCUT2D eigenvalue weighted by Gasteiger charge is -2.37. The molecular weight excluding hydrogens is 425 g/mol. The Labute approximate surface area is 190 Å². The van der Waals surface area contributed by atoms with Gasteiger partial charge in [-0.15, -0.1) is 10.2 Å². The zero-order valence-corrected chi connectivity index (χ0v) is 17.9. The van der Waals surface area contributed by atoms with Gasteiger partial charge in [-0.2, -0.15) is 0 Å². The number of nitrogens with zero attached hydrogens (tertiary/aromatic N) is 3. The number of aromatic nitrogens is 2. The lowest BCUT2D eigenvalue weighted by molar-refractivity contribution is -0.131. The van der Waals surface area contributed by atoms with Crippen LogP contribution >= 0.6 is 0 Å². The Hall–Kier alpha value is -4.12. The number of esters is 1. The van der Waals surface area contributed by atoms with Gasteiger partial charge in [0.05, 0.1) is 0 Å². The number of ether oxygens (including phenoxy) is 3. The van der Waals surface area contributed by atoms with Gasteiger partial charge in [0.15, 0.2) is 17.4 Å². The number of piperidine rings is 1. The minimum atomic E-state index is -0.833. The first-order chi connectivity index (χ1) is 16.0. The van der Waals surface area contributed by atoms with Gasteiger partial charge in [-0.3, -0.25) is 4.79 Å². The summed E-state index contributed by atoms with van der Waals surface area (Å²) in [5.41, 5.74) is 1.23. The van der Waals surface area contributed by atoms with E-state index in [1.807, 2.05) is 18.2 Å². The van der Waals surface area contributed by atoms with E-state index < -0.39 is 11.6 Å². The summed E-state index contributed by atoms with van der Waals surface area (Å²) in [4.78, 5) is 13.2. The Morgan fingerprint density at radius 1 is 1.06 bits per heavy atom. The molecule has 2 aromatic carbocycles. The highest BCUT2D eigenvalue weighted by Crippen LogP contribution is 2.45. The molecule has 5 rings (SSSR count). The predicted octanol–water partition coefficient (Wildman–Crippen LogP) is 3.71. The van der Waals surface area contributed by atoms with Gasteiger partial charge in [-0.1, -0.05) is 18.1 Å². The molecule has 0 unspecified atom stereocenters. The second-order valence-corrected chi connectivity index (χ2v) is 7.82. The molecular formula is C25H20FN3O4. The van der Waals surface area contributed by atoms with Gasteiger partial charge >= 0.3 is 5.97 Å². The Balaban J connectivity index is 1.22. The van der Waals surface area contributed by atoms with Crippen molar-refractivity contribution in [2.45, 2.75) is 25.6 Å². The number of carbonyl (C=O) groups is 1. The number of para-hydroxylation sites is 1. The van der Waals surface area contributed by atoms with Crippen LogP contribution in [0.15, 0.2) is 54.6 Å². The smallest absolute Gasteiger partial charge is 0.308 e. The van der Waals surface area contributed by atoms with Crippen molar-refractivity contribution >= 4 is 11.8 Å². The molecule has 1 saturated heterocycles. The van der Waals surface area contributed by atoms with E-state index in [9.17, 15) is 9.18 Å². The number of fused-ring (bicyclic) bond motifs is 1. The summed E-state index contributed by atoms with van der Waals surface area (Å²) in [6.07, 6.45) is 1.14. The van der Waals surface area contributed by atoms with Crippen molar-refractivity contribution < 1.29 is 23.4 Å². The SMILES string of the molecule is CC(=O)Oc1cccc(C#Cc2ccc(N3CCC4(CC3)Oc3cccc(F)c3O4)nn2)c1. The normalized spacial score (nSPS) is 15.6.